The molecule has 7 nitrogen and oxygen atoms in total. The first-order valence-electron chi connectivity index (χ1n) is 11.1. The molecule has 1 fully saturated rings. The number of rotatable bonds is 6. The first kappa shape index (κ1) is 24.2. The predicted molar refractivity (Wildman–Crippen MR) is 125 cm³/mol. The second kappa shape index (κ2) is 10.0. The van der Waals surface area contributed by atoms with Crippen LogP contribution < -0.4 is 16.0 Å². The summed E-state index contributed by atoms with van der Waals surface area (Å²) in [6, 6.07) is 7.21. The van der Waals surface area contributed by atoms with E-state index in [1.165, 1.54) is 6.07 Å². The number of aliphatic carboxylic acids is 1. The maximum atomic E-state index is 14.0. The van der Waals surface area contributed by atoms with Crippen LogP contribution in [0.25, 0.3) is 0 Å². The highest BCUT2D eigenvalue weighted by Gasteiger charge is 2.41. The van der Waals surface area contributed by atoms with Crippen molar-refractivity contribution in [1.29, 1.82) is 0 Å². The van der Waals surface area contributed by atoms with Crippen molar-refractivity contribution in [1.82, 2.24) is 5.32 Å². The van der Waals surface area contributed by atoms with Gasteiger partial charge in [0.2, 0.25) is 0 Å². The van der Waals surface area contributed by atoms with Gasteiger partial charge in [-0.1, -0.05) is 44.4 Å². The molecular weight excluding hydrogens is 425 g/mol. The van der Waals surface area contributed by atoms with Crippen LogP contribution in [-0.2, 0) is 4.79 Å². The van der Waals surface area contributed by atoms with E-state index in [4.69, 9.17) is 0 Å². The summed E-state index contributed by atoms with van der Waals surface area (Å²) >= 11 is 0. The molecule has 176 valence electrons. The van der Waals surface area contributed by atoms with Crippen molar-refractivity contribution in [2.45, 2.75) is 58.9 Å². The van der Waals surface area contributed by atoms with E-state index in [0.717, 1.165) is 42.5 Å². The zero-order chi connectivity index (χ0) is 24.2. The zero-order valence-electron chi connectivity index (χ0n) is 19.1. The highest BCUT2D eigenvalue weighted by Crippen LogP contribution is 2.39. The van der Waals surface area contributed by atoms with Crippen LogP contribution >= 0.6 is 0 Å². The van der Waals surface area contributed by atoms with Crippen molar-refractivity contribution in [3.63, 3.8) is 0 Å². The molecule has 4 N–H and O–H groups in total. The summed E-state index contributed by atoms with van der Waals surface area (Å²) in [7, 11) is 0. The molecule has 2 aromatic carbocycles. The minimum absolute atomic E-state index is 0.0151. The minimum atomic E-state index is -1.11. The van der Waals surface area contributed by atoms with Crippen molar-refractivity contribution in [2.24, 2.45) is 5.41 Å². The second-order valence-corrected chi connectivity index (χ2v) is 9.00. The van der Waals surface area contributed by atoms with Crippen LogP contribution in [0.2, 0.25) is 0 Å². The van der Waals surface area contributed by atoms with Crippen LogP contribution in [-0.4, -0.2) is 29.1 Å². The molecule has 0 radical (unpaired) electrons. The fourth-order valence-electron chi connectivity index (χ4n) is 4.49. The summed E-state index contributed by atoms with van der Waals surface area (Å²) in [6.07, 6.45) is 4.22. The van der Waals surface area contributed by atoms with Crippen LogP contribution in [0.1, 0.15) is 60.5 Å². The van der Waals surface area contributed by atoms with E-state index >= 15 is 0 Å². The van der Waals surface area contributed by atoms with E-state index < -0.39 is 35.2 Å². The largest absolute Gasteiger partial charge is 0.480 e. The number of carboxylic acids is 1. The van der Waals surface area contributed by atoms with E-state index in [1.807, 2.05) is 39.0 Å². The summed E-state index contributed by atoms with van der Waals surface area (Å²) in [5, 5.41) is 17.7. The third kappa shape index (κ3) is 5.69. The van der Waals surface area contributed by atoms with Crippen LogP contribution in [0.15, 0.2) is 36.4 Å². The van der Waals surface area contributed by atoms with Crippen molar-refractivity contribution in [3.8, 4) is 0 Å². The topological polar surface area (TPSA) is 108 Å². The summed E-state index contributed by atoms with van der Waals surface area (Å²) in [6.45, 7) is 5.57. The number of halogens is 1. The van der Waals surface area contributed by atoms with Gasteiger partial charge in [-0.05, 0) is 61.4 Å². The molecule has 1 aliphatic rings. The van der Waals surface area contributed by atoms with Gasteiger partial charge in [0.15, 0.2) is 0 Å². The first-order valence-corrected chi connectivity index (χ1v) is 11.1. The summed E-state index contributed by atoms with van der Waals surface area (Å²) in [5.41, 5.74) is 1.69. The van der Waals surface area contributed by atoms with Crippen molar-refractivity contribution < 1.29 is 23.9 Å². The molecule has 1 saturated carbocycles. The molecule has 0 bridgehead atoms. The third-order valence-electron chi connectivity index (χ3n) is 6.41. The Morgan fingerprint density at radius 3 is 2.24 bits per heavy atom. The SMILES string of the molecule is Cc1cccc(C)c1NC(=O)Nc1cc(F)ccc1C(=O)N[C@H](C(=O)O)C1(C)CCCCC1. The Hall–Kier alpha value is -3.42. The molecule has 1 aliphatic carbocycles. The number of carbonyl (C=O) groups excluding carboxylic acids is 2. The van der Waals surface area contributed by atoms with E-state index in [-0.39, 0.29) is 11.3 Å². The molecule has 0 spiro atoms. The average Bonchev–Trinajstić information content (AvgIpc) is 2.75. The fraction of sp³-hybridized carbons (Fsp3) is 0.400. The van der Waals surface area contributed by atoms with Crippen molar-refractivity contribution >= 4 is 29.3 Å². The minimum Gasteiger partial charge on any atom is -0.480 e. The Bertz CT molecular complexity index is 1040. The van der Waals surface area contributed by atoms with Crippen LogP contribution in [0.3, 0.4) is 0 Å². The highest BCUT2D eigenvalue weighted by atomic mass is 19.1. The van der Waals surface area contributed by atoms with Gasteiger partial charge in [-0.2, -0.15) is 0 Å². The number of para-hydroxylation sites is 1. The molecule has 3 rings (SSSR count). The van der Waals surface area contributed by atoms with Crippen LogP contribution in [0, 0.1) is 25.1 Å². The molecule has 33 heavy (non-hydrogen) atoms. The van der Waals surface area contributed by atoms with Gasteiger partial charge < -0.3 is 21.1 Å². The Balaban J connectivity index is 1.81. The van der Waals surface area contributed by atoms with Gasteiger partial charge >= 0.3 is 12.0 Å². The Kier molecular flexibility index (Phi) is 7.36. The molecule has 8 heteroatoms. The molecule has 0 aromatic heterocycles. The Labute approximate surface area is 192 Å². The number of carbonyl (C=O) groups is 3. The van der Waals surface area contributed by atoms with Gasteiger partial charge in [-0.25, -0.2) is 14.0 Å². The summed E-state index contributed by atoms with van der Waals surface area (Å²) < 4.78 is 14.0. The smallest absolute Gasteiger partial charge is 0.326 e. The van der Waals surface area contributed by atoms with Gasteiger partial charge in [0.1, 0.15) is 11.9 Å². The summed E-state index contributed by atoms with van der Waals surface area (Å²) in [5.74, 6) is -2.43. The number of amides is 3. The van der Waals surface area contributed by atoms with Crippen LogP contribution in [0.5, 0.6) is 0 Å². The molecule has 0 saturated heterocycles. The fourth-order valence-corrected chi connectivity index (χ4v) is 4.49. The normalized spacial score (nSPS) is 15.9. The Morgan fingerprint density at radius 1 is 1.00 bits per heavy atom. The van der Waals surface area contributed by atoms with E-state index in [2.05, 4.69) is 16.0 Å². The zero-order valence-corrected chi connectivity index (χ0v) is 19.1. The quantitative estimate of drug-likeness (QED) is 0.478. The number of anilines is 2. The number of benzene rings is 2. The highest BCUT2D eigenvalue weighted by molar-refractivity contribution is 6.07. The maximum Gasteiger partial charge on any atom is 0.326 e. The lowest BCUT2D eigenvalue weighted by molar-refractivity contribution is -0.143. The molecule has 3 amide bonds. The number of carboxylic acid groups (broad SMARTS) is 1. The van der Waals surface area contributed by atoms with Gasteiger partial charge in [0.05, 0.1) is 11.3 Å². The van der Waals surface area contributed by atoms with Crippen LogP contribution in [0.4, 0.5) is 20.6 Å². The maximum absolute atomic E-state index is 14.0. The predicted octanol–water partition coefficient (Wildman–Crippen LogP) is 5.24. The Morgan fingerprint density at radius 2 is 1.64 bits per heavy atom. The number of urea groups is 1. The third-order valence-corrected chi connectivity index (χ3v) is 6.41. The second-order valence-electron chi connectivity index (χ2n) is 9.00. The lowest BCUT2D eigenvalue weighted by Gasteiger charge is -2.38. The lowest BCUT2D eigenvalue weighted by atomic mass is 9.70. The van der Waals surface area contributed by atoms with Gasteiger partial charge in [-0.3, -0.25) is 4.79 Å². The van der Waals surface area contributed by atoms with Crippen molar-refractivity contribution in [2.75, 3.05) is 10.6 Å². The standard InChI is InChI=1S/C25H30FN3O4/c1-15-8-7-9-16(2)20(15)28-24(33)27-19-14-17(26)10-11-18(19)22(30)29-21(23(31)32)25(3)12-5-4-6-13-25/h7-11,14,21H,4-6,12-13H2,1-3H3,(H,29,30)(H,31,32)(H2,27,28,33)/t21-/m1/s1. The summed E-state index contributed by atoms with van der Waals surface area (Å²) in [4.78, 5) is 37.7. The van der Waals surface area contributed by atoms with E-state index in [9.17, 15) is 23.9 Å². The number of aryl methyl sites for hydroxylation is 2. The lowest BCUT2D eigenvalue weighted by Crippen LogP contribution is -2.52. The number of hydrogen-bond acceptors (Lipinski definition) is 3. The molecule has 2 aromatic rings. The monoisotopic (exact) mass is 455 g/mol. The molecule has 0 aliphatic heterocycles. The number of nitrogens with one attached hydrogen (secondary N) is 3. The molecule has 0 heterocycles. The molecule has 0 unspecified atom stereocenters. The first-order chi connectivity index (χ1) is 15.6. The van der Waals surface area contributed by atoms with Gasteiger partial charge in [0, 0.05) is 5.69 Å². The molecule has 1 atom stereocenters. The van der Waals surface area contributed by atoms with E-state index in [0.29, 0.717) is 18.5 Å². The van der Waals surface area contributed by atoms with Crippen molar-refractivity contribution in [3.05, 3.63) is 58.9 Å². The van der Waals surface area contributed by atoms with Gasteiger partial charge in [0.25, 0.3) is 5.91 Å². The molecular formula is C25H30FN3O4. The van der Waals surface area contributed by atoms with E-state index in [1.54, 1.807) is 0 Å². The van der Waals surface area contributed by atoms with Gasteiger partial charge in [-0.15, -0.1) is 0 Å². The average molecular weight is 456 g/mol. The number of hydrogen-bond donors (Lipinski definition) is 4.